The van der Waals surface area contributed by atoms with Gasteiger partial charge >= 0.3 is 5.97 Å². The van der Waals surface area contributed by atoms with Crippen molar-refractivity contribution in [1.29, 1.82) is 0 Å². The number of aliphatic carboxylic acids is 1. The van der Waals surface area contributed by atoms with Crippen LogP contribution in [0.3, 0.4) is 0 Å². The van der Waals surface area contributed by atoms with E-state index in [1.807, 2.05) is 36.4 Å². The second kappa shape index (κ2) is 10.0. The van der Waals surface area contributed by atoms with Crippen LogP contribution >= 0.6 is 0 Å². The van der Waals surface area contributed by atoms with E-state index in [1.165, 1.54) is 0 Å². The molecule has 1 aliphatic rings. The number of amides is 3. The lowest BCUT2D eigenvalue weighted by Gasteiger charge is -2.35. The molecule has 8 heteroatoms. The van der Waals surface area contributed by atoms with E-state index in [0.717, 1.165) is 23.6 Å². The summed E-state index contributed by atoms with van der Waals surface area (Å²) < 4.78 is 0. The first kappa shape index (κ1) is 24.2. The van der Waals surface area contributed by atoms with Gasteiger partial charge in [-0.1, -0.05) is 56.2 Å². The Labute approximate surface area is 192 Å². The first-order valence-corrected chi connectivity index (χ1v) is 11.3. The molecule has 0 bridgehead atoms. The van der Waals surface area contributed by atoms with Gasteiger partial charge < -0.3 is 21.5 Å². The number of carboxylic acids is 1. The highest BCUT2D eigenvalue weighted by Crippen LogP contribution is 2.33. The smallest absolute Gasteiger partial charge is 0.307 e. The summed E-state index contributed by atoms with van der Waals surface area (Å²) in [4.78, 5) is 50.3. The first-order chi connectivity index (χ1) is 15.7. The zero-order valence-electron chi connectivity index (χ0n) is 19.0. The van der Waals surface area contributed by atoms with Crippen molar-refractivity contribution < 1.29 is 24.3 Å². The third-order valence-electron chi connectivity index (χ3n) is 6.63. The lowest BCUT2D eigenvalue weighted by Crippen LogP contribution is -2.59. The van der Waals surface area contributed by atoms with Gasteiger partial charge in [0.15, 0.2) is 0 Å². The molecule has 5 N–H and O–H groups in total. The largest absolute Gasteiger partial charge is 0.481 e. The minimum atomic E-state index is -1.54. The Hall–Kier alpha value is -3.42. The fourth-order valence-corrected chi connectivity index (χ4v) is 4.52. The Morgan fingerprint density at radius 2 is 1.70 bits per heavy atom. The quantitative estimate of drug-likeness (QED) is 0.486. The van der Waals surface area contributed by atoms with Gasteiger partial charge in [0.2, 0.25) is 11.8 Å². The molecule has 176 valence electrons. The third-order valence-corrected chi connectivity index (χ3v) is 6.63. The van der Waals surface area contributed by atoms with Crippen LogP contribution in [-0.2, 0) is 24.7 Å². The molecule has 0 heterocycles. The molecule has 0 aromatic heterocycles. The molecule has 1 fully saturated rings. The molecule has 0 aliphatic heterocycles. The van der Waals surface area contributed by atoms with E-state index >= 15 is 0 Å². The number of fused-ring (bicyclic) bond motifs is 1. The molecule has 1 aliphatic carbocycles. The molecule has 2 aromatic carbocycles. The highest BCUT2D eigenvalue weighted by Gasteiger charge is 2.43. The van der Waals surface area contributed by atoms with Gasteiger partial charge in [-0.3, -0.25) is 19.2 Å². The Morgan fingerprint density at radius 1 is 1.06 bits per heavy atom. The monoisotopic (exact) mass is 453 g/mol. The van der Waals surface area contributed by atoms with Crippen LogP contribution in [0.2, 0.25) is 0 Å². The molecule has 3 amide bonds. The number of primary amides is 1. The highest BCUT2D eigenvalue weighted by atomic mass is 16.4. The molecular formula is C25H31N3O5. The number of benzene rings is 2. The van der Waals surface area contributed by atoms with Crippen LogP contribution in [0, 0.1) is 11.8 Å². The van der Waals surface area contributed by atoms with Gasteiger partial charge in [0, 0.05) is 0 Å². The second-order valence-electron chi connectivity index (χ2n) is 8.85. The molecule has 3 rings (SSSR count). The molecular weight excluding hydrogens is 422 g/mol. The molecule has 1 saturated carbocycles. The first-order valence-electron chi connectivity index (χ1n) is 11.3. The van der Waals surface area contributed by atoms with Crippen LogP contribution in [-0.4, -0.2) is 34.8 Å². The average Bonchev–Trinajstić information content (AvgIpc) is 2.81. The normalized spacial score (nSPS) is 20.9. The number of carbonyl (C=O) groups is 4. The summed E-state index contributed by atoms with van der Waals surface area (Å²) in [5, 5.41) is 16.9. The molecule has 0 radical (unpaired) electrons. The van der Waals surface area contributed by atoms with E-state index in [2.05, 4.69) is 10.6 Å². The molecule has 4 atom stereocenters. The summed E-state index contributed by atoms with van der Waals surface area (Å²) in [6.07, 6.45) is 2.66. The highest BCUT2D eigenvalue weighted by molar-refractivity contribution is 5.97. The van der Waals surface area contributed by atoms with E-state index in [4.69, 9.17) is 5.73 Å². The lowest BCUT2D eigenvalue weighted by atomic mass is 9.78. The summed E-state index contributed by atoms with van der Waals surface area (Å²) in [7, 11) is 0. The van der Waals surface area contributed by atoms with Crippen molar-refractivity contribution in [2.45, 2.75) is 57.5 Å². The van der Waals surface area contributed by atoms with Crippen LogP contribution in [0.25, 0.3) is 10.8 Å². The molecule has 33 heavy (non-hydrogen) atoms. The van der Waals surface area contributed by atoms with Gasteiger partial charge in [0.1, 0.15) is 11.6 Å². The summed E-state index contributed by atoms with van der Waals surface area (Å²) in [5.41, 5.74) is 4.40. The summed E-state index contributed by atoms with van der Waals surface area (Å²) >= 11 is 0. The van der Waals surface area contributed by atoms with Crippen molar-refractivity contribution >= 4 is 34.5 Å². The summed E-state index contributed by atoms with van der Waals surface area (Å²) in [5.74, 6) is -4.28. The number of nitrogens with one attached hydrogen (secondary N) is 2. The van der Waals surface area contributed by atoms with Gasteiger partial charge in [-0.2, -0.15) is 0 Å². The Bertz CT molecular complexity index is 1070. The second-order valence-corrected chi connectivity index (χ2v) is 8.85. The maximum absolute atomic E-state index is 13.5. The fraction of sp³-hybridized carbons (Fsp3) is 0.440. The topological polar surface area (TPSA) is 139 Å². The molecule has 0 saturated heterocycles. The standard InChI is InChI=1S/C25H31N3O5/c1-3-20(21(26)29)27-24(33)25(2,17-13-12-15-8-4-5-9-16(15)14-17)28-22(30)18-10-6-7-11-19(18)23(31)32/h4-5,8-9,12-14,18-20H,3,6-7,10-11H2,1-2H3,(H2,26,29)(H,27,33)(H,28,30)(H,31,32)/t18-,19-,20?,25?/m1/s1. The van der Waals surface area contributed by atoms with Crippen LogP contribution in [0.1, 0.15) is 51.5 Å². The number of hydrogen-bond donors (Lipinski definition) is 4. The van der Waals surface area contributed by atoms with Crippen molar-refractivity contribution in [3.63, 3.8) is 0 Å². The predicted molar refractivity (Wildman–Crippen MR) is 124 cm³/mol. The number of rotatable bonds is 8. The number of hydrogen-bond acceptors (Lipinski definition) is 4. The predicted octanol–water partition coefficient (Wildman–Crippen LogP) is 2.44. The van der Waals surface area contributed by atoms with E-state index in [0.29, 0.717) is 24.8 Å². The maximum Gasteiger partial charge on any atom is 0.307 e. The lowest BCUT2D eigenvalue weighted by molar-refractivity contribution is -0.150. The van der Waals surface area contributed by atoms with Gasteiger partial charge in [-0.25, -0.2) is 0 Å². The van der Waals surface area contributed by atoms with Crippen molar-refractivity contribution in [3.8, 4) is 0 Å². The van der Waals surface area contributed by atoms with Crippen LogP contribution < -0.4 is 16.4 Å². The maximum atomic E-state index is 13.5. The molecule has 0 spiro atoms. The third kappa shape index (κ3) is 5.16. The van der Waals surface area contributed by atoms with Gasteiger partial charge in [0.05, 0.1) is 11.8 Å². The van der Waals surface area contributed by atoms with Crippen LogP contribution in [0.15, 0.2) is 42.5 Å². The van der Waals surface area contributed by atoms with E-state index in [9.17, 15) is 24.3 Å². The minimum Gasteiger partial charge on any atom is -0.481 e. The van der Waals surface area contributed by atoms with Crippen LogP contribution in [0.4, 0.5) is 0 Å². The number of carbonyl (C=O) groups excluding carboxylic acids is 3. The van der Waals surface area contributed by atoms with Gasteiger partial charge in [0.25, 0.3) is 5.91 Å². The zero-order valence-corrected chi connectivity index (χ0v) is 19.0. The summed E-state index contributed by atoms with van der Waals surface area (Å²) in [6.45, 7) is 3.29. The SMILES string of the molecule is CCC(NC(=O)C(C)(NC(=O)[C@@H]1CCCC[C@H]1C(=O)O)c1ccc2ccccc2c1)C(N)=O. The van der Waals surface area contributed by atoms with Crippen molar-refractivity contribution in [2.24, 2.45) is 17.6 Å². The minimum absolute atomic E-state index is 0.298. The summed E-state index contributed by atoms with van der Waals surface area (Å²) in [6, 6.07) is 12.2. The van der Waals surface area contributed by atoms with Crippen molar-refractivity contribution in [1.82, 2.24) is 10.6 Å². The fourth-order valence-electron chi connectivity index (χ4n) is 4.52. The Morgan fingerprint density at radius 3 is 2.30 bits per heavy atom. The van der Waals surface area contributed by atoms with E-state index in [1.54, 1.807) is 19.9 Å². The van der Waals surface area contributed by atoms with E-state index in [-0.39, 0.29) is 0 Å². The molecule has 8 nitrogen and oxygen atoms in total. The number of nitrogens with two attached hydrogens (primary N) is 1. The van der Waals surface area contributed by atoms with Crippen molar-refractivity contribution in [3.05, 3.63) is 48.0 Å². The zero-order chi connectivity index (χ0) is 24.2. The van der Waals surface area contributed by atoms with Crippen molar-refractivity contribution in [2.75, 3.05) is 0 Å². The van der Waals surface area contributed by atoms with Crippen LogP contribution in [0.5, 0.6) is 0 Å². The number of carboxylic acid groups (broad SMARTS) is 1. The Balaban J connectivity index is 2.00. The van der Waals surface area contributed by atoms with E-state index < -0.39 is 47.1 Å². The molecule has 2 aromatic rings. The average molecular weight is 454 g/mol. The van der Waals surface area contributed by atoms with Gasteiger partial charge in [-0.15, -0.1) is 0 Å². The molecule has 2 unspecified atom stereocenters. The van der Waals surface area contributed by atoms with Gasteiger partial charge in [-0.05, 0) is 48.6 Å². The Kier molecular flexibility index (Phi) is 7.36.